The number of aryl methyl sites for hydroxylation is 2. The number of nitrogens with one attached hydrogen (secondary N) is 2. The van der Waals surface area contributed by atoms with Gasteiger partial charge in [-0.15, -0.1) is 11.8 Å². The molecule has 0 aromatic heterocycles. The van der Waals surface area contributed by atoms with Crippen LogP contribution < -0.4 is 15.4 Å². The molecule has 3 aliphatic rings. The van der Waals surface area contributed by atoms with E-state index in [1.54, 1.807) is 24.3 Å². The van der Waals surface area contributed by atoms with Crippen molar-refractivity contribution in [3.8, 4) is 5.75 Å². The summed E-state index contributed by atoms with van der Waals surface area (Å²) in [4.78, 5) is 42.3. The van der Waals surface area contributed by atoms with Crippen molar-refractivity contribution in [1.82, 2.24) is 15.5 Å². The van der Waals surface area contributed by atoms with E-state index < -0.39 is 47.3 Å². The van der Waals surface area contributed by atoms with Crippen LogP contribution in [-0.2, 0) is 41.5 Å². The van der Waals surface area contributed by atoms with Crippen LogP contribution in [0.15, 0.2) is 42.5 Å². The van der Waals surface area contributed by atoms with Crippen molar-refractivity contribution in [3.05, 3.63) is 64.7 Å². The zero-order valence-electron chi connectivity index (χ0n) is 27.5. The van der Waals surface area contributed by atoms with Crippen LogP contribution >= 0.6 is 11.8 Å². The fourth-order valence-electron chi connectivity index (χ4n) is 6.37. The highest BCUT2D eigenvalue weighted by Crippen LogP contribution is 2.40. The van der Waals surface area contributed by atoms with E-state index in [4.69, 9.17) is 23.7 Å². The van der Waals surface area contributed by atoms with Gasteiger partial charge >= 0.3 is 6.09 Å². The number of methoxy groups -OCH3 is 1. The maximum absolute atomic E-state index is 14.0. The quantitative estimate of drug-likeness (QED) is 0.288. The lowest BCUT2D eigenvalue weighted by molar-refractivity contribution is -0.147. The topological polar surface area (TPSA) is 145 Å². The molecule has 3 N–H and O–H groups in total. The summed E-state index contributed by atoms with van der Waals surface area (Å²) in [6.45, 7) is 8.94. The first-order valence-electron chi connectivity index (χ1n) is 15.8. The van der Waals surface area contributed by atoms with Gasteiger partial charge in [0.25, 0.3) is 5.91 Å². The van der Waals surface area contributed by atoms with Gasteiger partial charge in [-0.25, -0.2) is 4.79 Å². The Morgan fingerprint density at radius 2 is 1.83 bits per heavy atom. The number of carbonyl (C=O) groups excluding carboxylic acids is 3. The second-order valence-electron chi connectivity index (χ2n) is 12.7. The third-order valence-corrected chi connectivity index (χ3v) is 10.4. The molecule has 12 nitrogen and oxygen atoms in total. The molecule has 6 atom stereocenters. The Morgan fingerprint density at radius 1 is 1.11 bits per heavy atom. The molecule has 3 aliphatic heterocycles. The average molecular weight is 672 g/mol. The molecular weight excluding hydrogens is 626 g/mol. The molecule has 0 bridgehead atoms. The van der Waals surface area contributed by atoms with Gasteiger partial charge in [-0.05, 0) is 74.9 Å². The molecule has 0 spiro atoms. The minimum absolute atomic E-state index is 0.0722. The van der Waals surface area contributed by atoms with E-state index in [0.717, 1.165) is 22.3 Å². The van der Waals surface area contributed by atoms with Crippen molar-refractivity contribution in [2.45, 2.75) is 82.4 Å². The molecule has 3 saturated heterocycles. The summed E-state index contributed by atoms with van der Waals surface area (Å²) in [7, 11) is 1.53. The van der Waals surface area contributed by atoms with E-state index in [0.29, 0.717) is 25.3 Å². The average Bonchev–Trinajstić information content (AvgIpc) is 3.74. The number of aliphatic hydroxyl groups excluding tert-OH is 1. The van der Waals surface area contributed by atoms with E-state index in [2.05, 4.69) is 10.6 Å². The molecule has 2 aromatic rings. The van der Waals surface area contributed by atoms with E-state index in [1.807, 2.05) is 45.9 Å². The Morgan fingerprint density at radius 3 is 2.53 bits per heavy atom. The summed E-state index contributed by atoms with van der Waals surface area (Å²) in [6, 6.07) is 11.1. The number of alkyl carbamates (subject to hydrolysis) is 1. The maximum atomic E-state index is 14.0. The zero-order valence-corrected chi connectivity index (χ0v) is 28.3. The molecule has 47 heavy (non-hydrogen) atoms. The first-order valence-corrected chi connectivity index (χ1v) is 16.8. The second-order valence-corrected chi connectivity index (χ2v) is 14.3. The summed E-state index contributed by atoms with van der Waals surface area (Å²) >= 11 is 1.46. The number of aliphatic hydroxyl groups is 1. The number of amides is 3. The molecule has 5 rings (SSSR count). The minimum Gasteiger partial charge on any atom is -0.468 e. The van der Waals surface area contributed by atoms with Crippen LogP contribution in [0.4, 0.5) is 4.79 Å². The van der Waals surface area contributed by atoms with Crippen molar-refractivity contribution in [2.75, 3.05) is 33.0 Å². The van der Waals surface area contributed by atoms with Crippen molar-refractivity contribution in [1.29, 1.82) is 0 Å². The van der Waals surface area contributed by atoms with Crippen LogP contribution in [0, 0.1) is 19.8 Å². The van der Waals surface area contributed by atoms with Crippen molar-refractivity contribution in [2.24, 2.45) is 5.92 Å². The van der Waals surface area contributed by atoms with E-state index in [-0.39, 0.29) is 37.5 Å². The summed E-state index contributed by atoms with van der Waals surface area (Å²) in [6.07, 6.45) is -2.53. The summed E-state index contributed by atoms with van der Waals surface area (Å²) < 4.78 is 26.6. The fourth-order valence-corrected chi connectivity index (χ4v) is 7.51. The number of carbonyl (C=O) groups is 3. The molecule has 0 saturated carbocycles. The number of ether oxygens (including phenoxy) is 5. The number of hydrogen-bond donors (Lipinski definition) is 3. The SMILES string of the molecule is COCOc1ccc(C[C@H](NC(=O)O[C@@H]2CO[C@@H]3OCC[C@@H]32)[C@H](O)C(=O)N2CSC(C)(C)[C@H]2C(=O)NCc2c(C)cccc2C)cc1. The first-order chi connectivity index (χ1) is 22.5. The predicted octanol–water partition coefficient (Wildman–Crippen LogP) is 3.04. The van der Waals surface area contributed by atoms with Crippen molar-refractivity contribution < 1.29 is 43.2 Å². The number of rotatable bonds is 12. The van der Waals surface area contributed by atoms with Crippen LogP contribution in [0.2, 0.25) is 0 Å². The Kier molecular flexibility index (Phi) is 11.3. The molecule has 0 radical (unpaired) electrons. The summed E-state index contributed by atoms with van der Waals surface area (Å²) in [5.41, 5.74) is 3.88. The smallest absolute Gasteiger partial charge is 0.407 e. The van der Waals surface area contributed by atoms with Crippen LogP contribution in [-0.4, -0.2) is 96.2 Å². The minimum atomic E-state index is -1.67. The normalized spacial score (nSPS) is 24.3. The maximum Gasteiger partial charge on any atom is 0.407 e. The third kappa shape index (κ3) is 8.21. The molecule has 3 amide bonds. The van der Waals surface area contributed by atoms with Crippen LogP contribution in [0.3, 0.4) is 0 Å². The molecule has 0 unspecified atom stereocenters. The van der Waals surface area contributed by atoms with Gasteiger partial charge in [0.05, 0.1) is 31.1 Å². The van der Waals surface area contributed by atoms with Gasteiger partial charge in [-0.1, -0.05) is 30.3 Å². The first kappa shape index (κ1) is 35.0. The highest BCUT2D eigenvalue weighted by atomic mass is 32.2. The molecule has 13 heteroatoms. The molecule has 3 heterocycles. The third-order valence-electron chi connectivity index (χ3n) is 9.06. The highest BCUT2D eigenvalue weighted by molar-refractivity contribution is 8.00. The van der Waals surface area contributed by atoms with Gasteiger partial charge in [0.2, 0.25) is 5.91 Å². The van der Waals surface area contributed by atoms with E-state index in [9.17, 15) is 19.5 Å². The van der Waals surface area contributed by atoms with Gasteiger partial charge in [0.15, 0.2) is 19.2 Å². The van der Waals surface area contributed by atoms with Crippen molar-refractivity contribution in [3.63, 3.8) is 0 Å². The zero-order chi connectivity index (χ0) is 33.7. The molecular formula is C34H45N3O9S. The lowest BCUT2D eigenvalue weighted by Crippen LogP contribution is -2.58. The molecule has 2 aromatic carbocycles. The second kappa shape index (κ2) is 15.2. The molecule has 256 valence electrons. The van der Waals surface area contributed by atoms with Crippen LogP contribution in [0.1, 0.15) is 42.5 Å². The lowest BCUT2D eigenvalue weighted by atomic mass is 9.97. The number of benzene rings is 2. The lowest BCUT2D eigenvalue weighted by Gasteiger charge is -2.33. The molecule has 0 aliphatic carbocycles. The largest absolute Gasteiger partial charge is 0.468 e. The number of hydrogen-bond acceptors (Lipinski definition) is 10. The predicted molar refractivity (Wildman–Crippen MR) is 175 cm³/mol. The Labute approximate surface area is 279 Å². The van der Waals surface area contributed by atoms with E-state index >= 15 is 0 Å². The highest BCUT2D eigenvalue weighted by Gasteiger charge is 2.50. The van der Waals surface area contributed by atoms with Gasteiger partial charge in [0, 0.05) is 18.4 Å². The van der Waals surface area contributed by atoms with Gasteiger partial charge in [-0.2, -0.15) is 0 Å². The Hall–Kier alpha value is -3.36. The van der Waals surface area contributed by atoms with E-state index in [1.165, 1.54) is 23.8 Å². The van der Waals surface area contributed by atoms with Crippen LogP contribution in [0.25, 0.3) is 0 Å². The fraction of sp³-hybridized carbons (Fsp3) is 0.559. The Bertz CT molecular complexity index is 1400. The number of fused-ring (bicyclic) bond motifs is 1. The summed E-state index contributed by atoms with van der Waals surface area (Å²) in [5, 5.41) is 17.3. The van der Waals surface area contributed by atoms with Crippen LogP contribution in [0.5, 0.6) is 5.75 Å². The standard InChI is InChI=1S/C34H45N3O9S/c1-20-7-6-8-21(2)25(20)16-35-30(39)29-34(3,4)47-18-37(29)31(40)28(38)26(15-22-9-11-23(12-10-22)45-19-42-5)36-33(41)46-27-17-44-32-24(27)13-14-43-32/h6-12,24,26-29,32,38H,13-19H2,1-5H3,(H,35,39)(H,36,41)/t24-,26+,27-,28+,29-,32+/m1/s1. The van der Waals surface area contributed by atoms with Gasteiger partial charge in [-0.3, -0.25) is 9.59 Å². The Balaban J connectivity index is 1.31. The number of nitrogens with zero attached hydrogens (tertiary/aromatic N) is 1. The summed E-state index contributed by atoms with van der Waals surface area (Å²) in [5.74, 6) is -0.258. The van der Waals surface area contributed by atoms with Gasteiger partial charge in [0.1, 0.15) is 17.9 Å². The number of thioether (sulfide) groups is 1. The van der Waals surface area contributed by atoms with Gasteiger partial charge < -0.3 is 44.3 Å². The monoisotopic (exact) mass is 671 g/mol. The van der Waals surface area contributed by atoms with Crippen molar-refractivity contribution >= 4 is 29.7 Å². The molecule has 3 fully saturated rings.